The van der Waals surface area contributed by atoms with E-state index in [0.29, 0.717) is 17.6 Å². The maximum atomic E-state index is 12.2. The van der Waals surface area contributed by atoms with Crippen molar-refractivity contribution >= 4 is 5.78 Å². The molecule has 3 aliphatic rings. The van der Waals surface area contributed by atoms with Crippen LogP contribution in [0.5, 0.6) is 0 Å². The van der Waals surface area contributed by atoms with Crippen molar-refractivity contribution in [2.24, 2.45) is 10.8 Å². The molecule has 0 aromatic rings. The summed E-state index contributed by atoms with van der Waals surface area (Å²) in [6.07, 6.45) is -1.20. The fourth-order valence-electron chi connectivity index (χ4n) is 4.21. The molecule has 2 fully saturated rings. The van der Waals surface area contributed by atoms with Crippen LogP contribution in [0.4, 0.5) is 0 Å². The third-order valence-corrected chi connectivity index (χ3v) is 5.64. The van der Waals surface area contributed by atoms with Crippen LogP contribution in [0.25, 0.3) is 0 Å². The quantitative estimate of drug-likeness (QED) is 0.586. The van der Waals surface area contributed by atoms with Crippen LogP contribution in [-0.4, -0.2) is 52.1 Å². The molecule has 5 nitrogen and oxygen atoms in total. The molecule has 0 radical (unpaired) electrons. The smallest absolute Gasteiger partial charge is 0.187 e. The summed E-state index contributed by atoms with van der Waals surface area (Å²) in [6.45, 7) is 7.05. The lowest BCUT2D eigenvalue weighted by molar-refractivity contribution is -0.192. The predicted molar refractivity (Wildman–Crippen MR) is 70.8 cm³/mol. The van der Waals surface area contributed by atoms with E-state index in [1.54, 1.807) is 13.0 Å². The van der Waals surface area contributed by atoms with Crippen molar-refractivity contribution in [2.45, 2.75) is 44.7 Å². The highest BCUT2D eigenvalue weighted by atomic mass is 16.5. The third-order valence-electron chi connectivity index (χ3n) is 5.64. The van der Waals surface area contributed by atoms with Crippen molar-refractivity contribution in [2.75, 3.05) is 6.61 Å². The zero-order valence-electron chi connectivity index (χ0n) is 11.7. The number of fused-ring (bicyclic) bond motifs is 4. The van der Waals surface area contributed by atoms with Gasteiger partial charge in [0.25, 0.3) is 0 Å². The molecule has 0 aromatic carbocycles. The van der Waals surface area contributed by atoms with Gasteiger partial charge in [-0.05, 0) is 30.6 Å². The van der Waals surface area contributed by atoms with Gasteiger partial charge in [-0.25, -0.2) is 0 Å². The van der Waals surface area contributed by atoms with E-state index in [2.05, 4.69) is 6.58 Å². The number of hydrogen-bond donors (Lipinski definition) is 3. The number of carbonyl (C=O) groups excluding carboxylic acids is 1. The van der Waals surface area contributed by atoms with Gasteiger partial charge >= 0.3 is 0 Å². The lowest BCUT2D eigenvalue weighted by Gasteiger charge is -2.56. The summed E-state index contributed by atoms with van der Waals surface area (Å²) in [4.78, 5) is 12.2. The predicted octanol–water partition coefficient (Wildman–Crippen LogP) is -0.0505. The number of ether oxygens (including phenoxy) is 1. The first kappa shape index (κ1) is 13.9. The number of aliphatic hydroxyl groups excluding tert-OH is 3. The second-order valence-electron chi connectivity index (χ2n) is 6.42. The van der Waals surface area contributed by atoms with Crippen LogP contribution in [0.2, 0.25) is 0 Å². The molecule has 110 valence electrons. The van der Waals surface area contributed by atoms with Crippen molar-refractivity contribution in [3.8, 4) is 0 Å². The molecule has 1 saturated heterocycles. The number of ketones is 1. The monoisotopic (exact) mass is 280 g/mol. The SMILES string of the molecule is C=C1[C@@H]2O[C@@H]3C=C(C)C(=O)[C@@H](O)[C@@]3(CO)[C@@]1(C)C[C@H]2O. The minimum absolute atomic E-state index is 0.324. The van der Waals surface area contributed by atoms with Crippen molar-refractivity contribution in [1.29, 1.82) is 0 Å². The molecule has 0 aromatic heterocycles. The Hall–Kier alpha value is -1.01. The van der Waals surface area contributed by atoms with E-state index in [1.807, 2.05) is 6.92 Å². The minimum atomic E-state index is -1.35. The van der Waals surface area contributed by atoms with E-state index in [9.17, 15) is 20.1 Å². The molecule has 3 rings (SSSR count). The fraction of sp³-hybridized carbons (Fsp3) is 0.667. The molecule has 0 amide bonds. The van der Waals surface area contributed by atoms with Crippen molar-refractivity contribution < 1.29 is 24.9 Å². The van der Waals surface area contributed by atoms with Gasteiger partial charge in [-0.3, -0.25) is 4.79 Å². The average Bonchev–Trinajstić information content (AvgIpc) is 2.55. The molecule has 5 heteroatoms. The number of Topliss-reactive ketones (excluding diaryl/α,β-unsaturated/α-hetero) is 1. The van der Waals surface area contributed by atoms with Gasteiger partial charge in [0.1, 0.15) is 12.2 Å². The molecule has 6 atom stereocenters. The van der Waals surface area contributed by atoms with Crippen LogP contribution in [0, 0.1) is 10.8 Å². The number of rotatable bonds is 1. The van der Waals surface area contributed by atoms with Crippen LogP contribution in [0.3, 0.4) is 0 Å². The largest absolute Gasteiger partial charge is 0.396 e. The highest BCUT2D eigenvalue weighted by Crippen LogP contribution is 2.63. The zero-order valence-corrected chi connectivity index (χ0v) is 11.7. The van der Waals surface area contributed by atoms with E-state index in [4.69, 9.17) is 4.74 Å². The van der Waals surface area contributed by atoms with Gasteiger partial charge in [0.05, 0.1) is 24.2 Å². The van der Waals surface area contributed by atoms with Crippen molar-refractivity contribution in [3.63, 3.8) is 0 Å². The van der Waals surface area contributed by atoms with Gasteiger partial charge in [-0.1, -0.05) is 13.5 Å². The van der Waals surface area contributed by atoms with Crippen LogP contribution in [-0.2, 0) is 9.53 Å². The Morgan fingerprint density at radius 1 is 1.50 bits per heavy atom. The number of aliphatic hydroxyl groups is 3. The van der Waals surface area contributed by atoms with E-state index in [-0.39, 0.29) is 0 Å². The Kier molecular flexibility index (Phi) is 2.80. The van der Waals surface area contributed by atoms with E-state index >= 15 is 0 Å². The number of carbonyl (C=O) groups is 1. The first-order valence-corrected chi connectivity index (χ1v) is 6.84. The van der Waals surface area contributed by atoms with Gasteiger partial charge in [0.2, 0.25) is 0 Å². The third kappa shape index (κ3) is 1.29. The summed E-state index contributed by atoms with van der Waals surface area (Å²) in [6, 6.07) is 0. The molecule has 0 spiro atoms. The van der Waals surface area contributed by atoms with Crippen LogP contribution in [0.15, 0.2) is 23.8 Å². The Bertz CT molecular complexity index is 524. The maximum absolute atomic E-state index is 12.2. The van der Waals surface area contributed by atoms with Crippen molar-refractivity contribution in [3.05, 3.63) is 23.8 Å². The molecule has 20 heavy (non-hydrogen) atoms. The minimum Gasteiger partial charge on any atom is -0.396 e. The highest BCUT2D eigenvalue weighted by molar-refractivity contribution is 6.00. The highest BCUT2D eigenvalue weighted by Gasteiger charge is 2.69. The summed E-state index contributed by atoms with van der Waals surface area (Å²) in [7, 11) is 0. The Labute approximate surface area is 117 Å². The molecule has 1 heterocycles. The summed E-state index contributed by atoms with van der Waals surface area (Å²) in [5.74, 6) is -0.396. The molecule has 0 unspecified atom stereocenters. The second kappa shape index (κ2) is 4.01. The molecule has 2 aliphatic carbocycles. The van der Waals surface area contributed by atoms with E-state index in [0.717, 1.165) is 0 Å². The second-order valence-corrected chi connectivity index (χ2v) is 6.42. The average molecular weight is 280 g/mol. The first-order chi connectivity index (χ1) is 9.29. The lowest BCUT2D eigenvalue weighted by atomic mass is 9.53. The van der Waals surface area contributed by atoms with Gasteiger partial charge in [0.15, 0.2) is 5.78 Å². The van der Waals surface area contributed by atoms with E-state index < -0.39 is 47.6 Å². The first-order valence-electron chi connectivity index (χ1n) is 6.84. The molecule has 1 aliphatic heterocycles. The fourth-order valence-corrected chi connectivity index (χ4v) is 4.21. The summed E-state index contributed by atoms with van der Waals surface area (Å²) in [5.41, 5.74) is -0.831. The lowest BCUT2D eigenvalue weighted by Crippen LogP contribution is -2.65. The summed E-state index contributed by atoms with van der Waals surface area (Å²) >= 11 is 0. The molecular formula is C15H20O5. The van der Waals surface area contributed by atoms with Gasteiger partial charge in [-0.15, -0.1) is 0 Å². The van der Waals surface area contributed by atoms with Gasteiger partial charge < -0.3 is 20.1 Å². The Balaban J connectivity index is 2.23. The molecular weight excluding hydrogens is 260 g/mol. The standard InChI is InChI=1S/C15H20O5/c1-7-4-10-15(6-16,13(19)11(7)18)14(3)5-9(17)12(20-10)8(14)2/h4,9-10,12-13,16-17,19H,2,5-6H2,1,3H3/t9-,10-,12+,13-,14+,15+/m1/s1. The van der Waals surface area contributed by atoms with Crippen LogP contribution in [0.1, 0.15) is 20.3 Å². The zero-order chi connectivity index (χ0) is 14.9. The van der Waals surface area contributed by atoms with Crippen LogP contribution >= 0.6 is 0 Å². The summed E-state index contributed by atoms with van der Waals surface area (Å²) < 4.78 is 5.86. The van der Waals surface area contributed by atoms with Crippen LogP contribution < -0.4 is 0 Å². The summed E-state index contributed by atoms with van der Waals surface area (Å²) in [5, 5.41) is 30.7. The van der Waals surface area contributed by atoms with Gasteiger partial charge in [0, 0.05) is 5.41 Å². The number of hydrogen-bond acceptors (Lipinski definition) is 5. The van der Waals surface area contributed by atoms with E-state index in [1.165, 1.54) is 0 Å². The molecule has 2 bridgehead atoms. The normalized spacial score (nSPS) is 51.0. The Morgan fingerprint density at radius 3 is 2.75 bits per heavy atom. The Morgan fingerprint density at radius 2 is 2.15 bits per heavy atom. The van der Waals surface area contributed by atoms with Crippen molar-refractivity contribution in [1.82, 2.24) is 0 Å². The molecule has 1 saturated carbocycles. The maximum Gasteiger partial charge on any atom is 0.187 e. The molecule has 3 N–H and O–H groups in total. The topological polar surface area (TPSA) is 87.0 Å². The van der Waals surface area contributed by atoms with Gasteiger partial charge in [-0.2, -0.15) is 0 Å².